The predicted molar refractivity (Wildman–Crippen MR) is 79.5 cm³/mol. The van der Waals surface area contributed by atoms with E-state index in [9.17, 15) is 9.59 Å². The summed E-state index contributed by atoms with van der Waals surface area (Å²) in [4.78, 5) is 26.9. The van der Waals surface area contributed by atoms with Gasteiger partial charge in [-0.1, -0.05) is 47.4 Å². The van der Waals surface area contributed by atoms with Gasteiger partial charge in [0.15, 0.2) is 0 Å². The van der Waals surface area contributed by atoms with E-state index in [1.54, 1.807) is 18.2 Å². The minimum absolute atomic E-state index is 0.0738. The van der Waals surface area contributed by atoms with E-state index < -0.39 is 5.69 Å². The summed E-state index contributed by atoms with van der Waals surface area (Å²) in [5.74, 6) is -0.0738. The van der Waals surface area contributed by atoms with Crippen LogP contribution in [-0.2, 0) is 0 Å². The molecule has 0 atom stereocenters. The number of halogens is 2. The third-order valence-corrected chi connectivity index (χ3v) is 3.52. The summed E-state index contributed by atoms with van der Waals surface area (Å²) < 4.78 is 1.88. The normalized spacial score (nSPS) is 11.0. The van der Waals surface area contributed by atoms with Gasteiger partial charge in [0.1, 0.15) is 5.15 Å². The Balaban J connectivity index is 2.82. The van der Waals surface area contributed by atoms with Gasteiger partial charge in [0.2, 0.25) is 0 Å². The molecule has 19 heavy (non-hydrogen) atoms. The lowest BCUT2D eigenvalue weighted by Crippen LogP contribution is -2.36. The van der Waals surface area contributed by atoms with Crippen molar-refractivity contribution in [1.29, 1.82) is 0 Å². The van der Waals surface area contributed by atoms with Crippen molar-refractivity contribution in [1.82, 2.24) is 9.55 Å². The molecule has 1 N–H and O–H groups in total. The van der Waals surface area contributed by atoms with Gasteiger partial charge in [0.25, 0.3) is 5.56 Å². The molecule has 2 aromatic rings. The summed E-state index contributed by atoms with van der Waals surface area (Å²) in [6.45, 7) is 3.71. The van der Waals surface area contributed by atoms with Gasteiger partial charge in [-0.3, -0.25) is 9.78 Å². The third kappa shape index (κ3) is 2.67. The largest absolute Gasteiger partial charge is 0.334 e. The highest BCUT2D eigenvalue weighted by Crippen LogP contribution is 2.18. The molecule has 2 rings (SSSR count). The van der Waals surface area contributed by atoms with Crippen LogP contribution >= 0.6 is 27.5 Å². The first-order chi connectivity index (χ1) is 8.91. The molecule has 100 valence electrons. The van der Waals surface area contributed by atoms with E-state index in [-0.39, 0.29) is 16.6 Å². The highest BCUT2D eigenvalue weighted by molar-refractivity contribution is 9.10. The summed E-state index contributed by atoms with van der Waals surface area (Å²) in [7, 11) is 0. The van der Waals surface area contributed by atoms with Gasteiger partial charge < -0.3 is 0 Å². The number of nitrogens with zero attached hydrogens (tertiary/aromatic N) is 1. The Bertz CT molecular complexity index is 734. The molecule has 1 aromatic carbocycles. The van der Waals surface area contributed by atoms with Gasteiger partial charge in [0.05, 0.1) is 11.3 Å². The molecular formula is C13H12BrClN2O2. The fourth-order valence-electron chi connectivity index (χ4n) is 1.87. The number of rotatable bonds is 2. The number of benzene rings is 1. The Morgan fingerprint density at radius 3 is 2.58 bits per heavy atom. The third-order valence-electron chi connectivity index (χ3n) is 2.73. The van der Waals surface area contributed by atoms with Crippen LogP contribution in [0.1, 0.15) is 25.3 Å². The van der Waals surface area contributed by atoms with Crippen molar-refractivity contribution in [2.75, 3.05) is 0 Å². The average molecular weight is 344 g/mol. The van der Waals surface area contributed by atoms with Crippen LogP contribution in [0, 0.1) is 0 Å². The Kier molecular flexibility index (Phi) is 3.96. The van der Waals surface area contributed by atoms with E-state index in [1.807, 2.05) is 19.9 Å². The van der Waals surface area contributed by atoms with Crippen LogP contribution in [0.4, 0.5) is 0 Å². The minimum Gasteiger partial charge on any atom is -0.297 e. The first kappa shape index (κ1) is 14.1. The van der Waals surface area contributed by atoms with Gasteiger partial charge in [0, 0.05) is 4.47 Å². The monoisotopic (exact) mass is 342 g/mol. The quantitative estimate of drug-likeness (QED) is 0.852. The maximum Gasteiger partial charge on any atom is 0.334 e. The molecule has 4 nitrogen and oxygen atoms in total. The Hall–Kier alpha value is -1.33. The molecule has 0 spiro atoms. The topological polar surface area (TPSA) is 54.9 Å². The summed E-state index contributed by atoms with van der Waals surface area (Å²) in [5, 5.41) is 0.108. The van der Waals surface area contributed by atoms with Crippen molar-refractivity contribution in [3.63, 3.8) is 0 Å². The number of H-pyrrole nitrogens is 1. The average Bonchev–Trinajstić information content (AvgIpc) is 2.27. The van der Waals surface area contributed by atoms with Crippen molar-refractivity contribution in [2.45, 2.75) is 19.8 Å². The summed E-state index contributed by atoms with van der Waals surface area (Å²) >= 11 is 9.26. The Morgan fingerprint density at radius 1 is 1.32 bits per heavy atom. The van der Waals surface area contributed by atoms with Crippen LogP contribution in [0.2, 0.25) is 5.15 Å². The van der Waals surface area contributed by atoms with E-state index in [4.69, 9.17) is 11.6 Å². The van der Waals surface area contributed by atoms with Crippen LogP contribution in [0.25, 0.3) is 5.69 Å². The second-order valence-corrected chi connectivity index (χ2v) is 5.73. The van der Waals surface area contributed by atoms with Crippen molar-refractivity contribution in [3.8, 4) is 5.69 Å². The molecule has 0 amide bonds. The number of hydrogen-bond acceptors (Lipinski definition) is 2. The number of hydrogen-bond donors (Lipinski definition) is 1. The zero-order chi connectivity index (χ0) is 14.2. The van der Waals surface area contributed by atoms with E-state index in [1.165, 1.54) is 0 Å². The smallest absolute Gasteiger partial charge is 0.297 e. The molecule has 6 heteroatoms. The van der Waals surface area contributed by atoms with Crippen molar-refractivity contribution in [3.05, 3.63) is 60.3 Å². The predicted octanol–water partition coefficient (Wildman–Crippen LogP) is 3.07. The van der Waals surface area contributed by atoms with Gasteiger partial charge in [-0.2, -0.15) is 0 Å². The maximum absolute atomic E-state index is 12.4. The zero-order valence-electron chi connectivity index (χ0n) is 10.4. The summed E-state index contributed by atoms with van der Waals surface area (Å²) in [5.41, 5.74) is -0.0280. The number of aromatic nitrogens is 2. The molecule has 0 aliphatic heterocycles. The lowest BCUT2D eigenvalue weighted by molar-refractivity contribution is 0.777. The second-order valence-electron chi connectivity index (χ2n) is 4.43. The van der Waals surface area contributed by atoms with Crippen LogP contribution in [0.3, 0.4) is 0 Å². The highest BCUT2D eigenvalue weighted by Gasteiger charge is 2.16. The molecule has 0 bridgehead atoms. The number of nitrogens with one attached hydrogen (secondary N) is 1. The van der Waals surface area contributed by atoms with E-state index in [2.05, 4.69) is 20.9 Å². The maximum atomic E-state index is 12.4. The molecule has 0 aliphatic carbocycles. The van der Waals surface area contributed by atoms with Crippen LogP contribution in [0.5, 0.6) is 0 Å². The Morgan fingerprint density at radius 2 is 2.00 bits per heavy atom. The van der Waals surface area contributed by atoms with Crippen LogP contribution in [-0.4, -0.2) is 9.55 Å². The molecule has 1 aromatic heterocycles. The summed E-state index contributed by atoms with van der Waals surface area (Å²) in [6.07, 6.45) is 0. The molecule has 1 heterocycles. The first-order valence-electron chi connectivity index (χ1n) is 5.72. The Labute approximate surface area is 123 Å². The first-order valence-corrected chi connectivity index (χ1v) is 6.89. The van der Waals surface area contributed by atoms with Gasteiger partial charge >= 0.3 is 5.69 Å². The fraction of sp³-hybridized carbons (Fsp3) is 0.231. The molecule has 0 saturated carbocycles. The van der Waals surface area contributed by atoms with E-state index in [0.717, 1.165) is 9.04 Å². The lowest BCUT2D eigenvalue weighted by Gasteiger charge is -2.11. The van der Waals surface area contributed by atoms with Crippen molar-refractivity contribution < 1.29 is 0 Å². The van der Waals surface area contributed by atoms with E-state index >= 15 is 0 Å². The van der Waals surface area contributed by atoms with Gasteiger partial charge in [-0.15, -0.1) is 0 Å². The summed E-state index contributed by atoms with van der Waals surface area (Å²) in [6, 6.07) is 6.98. The minimum atomic E-state index is -0.544. The standard InChI is InChI=1S/C13H12BrClN2O2/c1-7(2)10-11(15)16-13(19)17(12(10)18)9-5-3-4-8(14)6-9/h3-7H,1-2H3,(H,16,19). The molecule has 0 radical (unpaired) electrons. The number of aromatic amines is 1. The molecule has 0 aliphatic rings. The lowest BCUT2D eigenvalue weighted by atomic mass is 10.1. The molecule has 0 saturated heterocycles. The van der Waals surface area contributed by atoms with Crippen LogP contribution < -0.4 is 11.2 Å². The molecular weight excluding hydrogens is 332 g/mol. The molecule has 0 unspecified atom stereocenters. The fourth-order valence-corrected chi connectivity index (χ4v) is 2.64. The molecule has 0 fully saturated rings. The van der Waals surface area contributed by atoms with E-state index in [0.29, 0.717) is 11.3 Å². The second kappa shape index (κ2) is 5.35. The SMILES string of the molecule is CC(C)c1c(Cl)[nH]c(=O)n(-c2cccc(Br)c2)c1=O. The van der Waals surface area contributed by atoms with Crippen LogP contribution in [0.15, 0.2) is 38.3 Å². The zero-order valence-corrected chi connectivity index (χ0v) is 12.7. The van der Waals surface area contributed by atoms with Crippen molar-refractivity contribution in [2.24, 2.45) is 0 Å². The highest BCUT2D eigenvalue weighted by atomic mass is 79.9. The van der Waals surface area contributed by atoms with Gasteiger partial charge in [-0.05, 0) is 24.1 Å². The van der Waals surface area contributed by atoms with Crippen molar-refractivity contribution >= 4 is 27.5 Å². The van der Waals surface area contributed by atoms with Gasteiger partial charge in [-0.25, -0.2) is 9.36 Å².